The third-order valence-corrected chi connectivity index (χ3v) is 6.44. The van der Waals surface area contributed by atoms with Crippen LogP contribution in [0.1, 0.15) is 28.8 Å². The summed E-state index contributed by atoms with van der Waals surface area (Å²) in [7, 11) is -0.706. The maximum atomic E-state index is 12.8. The van der Waals surface area contributed by atoms with E-state index in [9.17, 15) is 13.2 Å². The number of rotatable bonds is 7. The van der Waals surface area contributed by atoms with Gasteiger partial charge in [-0.3, -0.25) is 4.79 Å². The monoisotopic (exact) mass is 408 g/mol. The zero-order valence-electron chi connectivity index (χ0n) is 15.1. The first-order valence-corrected chi connectivity index (χ1v) is 10.3. The molecule has 0 heterocycles. The number of nitrogens with zero attached hydrogens (tertiary/aromatic N) is 1. The highest BCUT2D eigenvalue weighted by Gasteiger charge is 2.25. The molecule has 1 saturated carbocycles. The Kier molecular flexibility index (Phi) is 5.74. The summed E-state index contributed by atoms with van der Waals surface area (Å²) in [6.07, 6.45) is 1.99. The molecule has 0 unspecified atom stereocenters. The molecule has 27 heavy (non-hydrogen) atoms. The largest absolute Gasteiger partial charge is 0.496 e. The molecule has 0 atom stereocenters. The fraction of sp³-hybridized carbons (Fsp3) is 0.316. The number of ether oxygens (including phenoxy) is 1. The minimum absolute atomic E-state index is 0.0681. The smallest absolute Gasteiger partial charge is 0.251 e. The Balaban J connectivity index is 1.84. The molecule has 0 aliphatic heterocycles. The van der Waals surface area contributed by atoms with E-state index in [0.717, 1.165) is 12.8 Å². The Bertz CT molecular complexity index is 941. The standard InChI is InChI=1S/C19H21ClN2O4S/c1-22(27(24,25)17-8-4-15(20)5-9-17)12-14-11-13(3-10-18(14)26-2)19(23)21-16-6-7-16/h3-5,8-11,16H,6-7,12H2,1-2H3,(H,21,23). The molecular weight excluding hydrogens is 388 g/mol. The second-order valence-electron chi connectivity index (χ2n) is 6.49. The van der Waals surface area contributed by atoms with Gasteiger partial charge in [0.05, 0.1) is 12.0 Å². The predicted octanol–water partition coefficient (Wildman–Crippen LogP) is 3.06. The topological polar surface area (TPSA) is 75.7 Å². The number of sulfonamides is 1. The van der Waals surface area contributed by atoms with Crippen molar-refractivity contribution in [1.82, 2.24) is 9.62 Å². The van der Waals surface area contributed by atoms with Gasteiger partial charge in [-0.2, -0.15) is 4.31 Å². The van der Waals surface area contributed by atoms with Gasteiger partial charge in [-0.1, -0.05) is 11.6 Å². The van der Waals surface area contributed by atoms with Crippen LogP contribution < -0.4 is 10.1 Å². The maximum Gasteiger partial charge on any atom is 0.251 e. The van der Waals surface area contributed by atoms with Crippen molar-refractivity contribution in [2.24, 2.45) is 0 Å². The molecule has 1 aliphatic rings. The first-order chi connectivity index (χ1) is 12.8. The van der Waals surface area contributed by atoms with Crippen LogP contribution in [0.2, 0.25) is 5.02 Å². The van der Waals surface area contributed by atoms with Crippen LogP contribution in [0.3, 0.4) is 0 Å². The molecule has 0 spiro atoms. The number of halogens is 1. The number of benzene rings is 2. The predicted molar refractivity (Wildman–Crippen MR) is 104 cm³/mol. The van der Waals surface area contributed by atoms with E-state index >= 15 is 0 Å². The quantitative estimate of drug-likeness (QED) is 0.763. The normalized spacial score (nSPS) is 14.2. The third-order valence-electron chi connectivity index (χ3n) is 4.37. The number of amides is 1. The molecule has 0 bridgehead atoms. The van der Waals surface area contributed by atoms with Crippen molar-refractivity contribution in [2.75, 3.05) is 14.2 Å². The number of nitrogens with one attached hydrogen (secondary N) is 1. The molecule has 1 amide bonds. The molecule has 0 aromatic heterocycles. The van der Waals surface area contributed by atoms with E-state index in [2.05, 4.69) is 5.32 Å². The van der Waals surface area contributed by atoms with Gasteiger partial charge < -0.3 is 10.1 Å². The Labute approximate surface area is 164 Å². The van der Waals surface area contributed by atoms with Crippen LogP contribution in [0, 0.1) is 0 Å². The number of carbonyl (C=O) groups is 1. The minimum atomic E-state index is -3.70. The van der Waals surface area contributed by atoms with Crippen molar-refractivity contribution in [3.63, 3.8) is 0 Å². The van der Waals surface area contributed by atoms with E-state index in [1.807, 2.05) is 0 Å². The highest BCUT2D eigenvalue weighted by Crippen LogP contribution is 2.26. The van der Waals surface area contributed by atoms with Crippen molar-refractivity contribution < 1.29 is 17.9 Å². The Hall–Kier alpha value is -2.09. The Morgan fingerprint density at radius 3 is 2.48 bits per heavy atom. The van der Waals surface area contributed by atoms with Gasteiger partial charge in [-0.25, -0.2) is 8.42 Å². The highest BCUT2D eigenvalue weighted by molar-refractivity contribution is 7.89. The molecule has 6 nitrogen and oxygen atoms in total. The second kappa shape index (κ2) is 7.88. The Morgan fingerprint density at radius 1 is 1.22 bits per heavy atom. The lowest BCUT2D eigenvalue weighted by Crippen LogP contribution is -2.28. The molecule has 0 radical (unpaired) electrons. The molecule has 8 heteroatoms. The summed E-state index contributed by atoms with van der Waals surface area (Å²) in [5, 5.41) is 3.39. The van der Waals surface area contributed by atoms with Crippen LogP contribution in [0.25, 0.3) is 0 Å². The lowest BCUT2D eigenvalue weighted by Gasteiger charge is -2.19. The van der Waals surface area contributed by atoms with E-state index in [-0.39, 0.29) is 23.4 Å². The van der Waals surface area contributed by atoms with Crippen molar-refractivity contribution in [2.45, 2.75) is 30.3 Å². The molecule has 0 saturated heterocycles. The highest BCUT2D eigenvalue weighted by atomic mass is 35.5. The van der Waals surface area contributed by atoms with Gasteiger partial charge >= 0.3 is 0 Å². The van der Waals surface area contributed by atoms with Gasteiger partial charge in [0.25, 0.3) is 5.91 Å². The van der Waals surface area contributed by atoms with Gasteiger partial charge in [0.2, 0.25) is 10.0 Å². The van der Waals surface area contributed by atoms with E-state index in [1.165, 1.54) is 42.7 Å². The van der Waals surface area contributed by atoms with Gasteiger partial charge in [0.1, 0.15) is 5.75 Å². The number of carbonyl (C=O) groups excluding carboxylic acids is 1. The summed E-state index contributed by atoms with van der Waals surface area (Å²) in [5.74, 6) is 0.362. The summed E-state index contributed by atoms with van der Waals surface area (Å²) in [4.78, 5) is 12.4. The van der Waals surface area contributed by atoms with Gasteiger partial charge in [0.15, 0.2) is 0 Å². The van der Waals surface area contributed by atoms with Crippen molar-refractivity contribution in [3.8, 4) is 5.75 Å². The van der Waals surface area contributed by atoms with Crippen LogP contribution in [-0.4, -0.2) is 38.8 Å². The second-order valence-corrected chi connectivity index (χ2v) is 8.97. The molecule has 2 aromatic rings. The number of methoxy groups -OCH3 is 1. The molecule has 1 aliphatic carbocycles. The van der Waals surface area contributed by atoms with E-state index in [4.69, 9.17) is 16.3 Å². The van der Waals surface area contributed by atoms with Crippen LogP contribution in [0.4, 0.5) is 0 Å². The van der Waals surface area contributed by atoms with E-state index < -0.39 is 10.0 Å². The lowest BCUT2D eigenvalue weighted by atomic mass is 10.1. The molecule has 3 rings (SSSR count). The van der Waals surface area contributed by atoms with Crippen molar-refractivity contribution in [1.29, 1.82) is 0 Å². The lowest BCUT2D eigenvalue weighted by molar-refractivity contribution is 0.0951. The molecule has 1 N–H and O–H groups in total. The minimum Gasteiger partial charge on any atom is -0.496 e. The molecule has 144 valence electrons. The van der Waals surface area contributed by atoms with Crippen molar-refractivity contribution in [3.05, 3.63) is 58.6 Å². The molecule has 2 aromatic carbocycles. The SMILES string of the molecule is COc1ccc(C(=O)NC2CC2)cc1CN(C)S(=O)(=O)c1ccc(Cl)cc1. The fourth-order valence-corrected chi connectivity index (χ4v) is 3.93. The first kappa shape index (κ1) is 19.7. The van der Waals surface area contributed by atoms with Gasteiger partial charge in [0, 0.05) is 35.8 Å². The van der Waals surface area contributed by atoms with Crippen LogP contribution >= 0.6 is 11.6 Å². The fourth-order valence-electron chi connectivity index (χ4n) is 2.65. The number of hydrogen-bond acceptors (Lipinski definition) is 4. The van der Waals surface area contributed by atoms with Gasteiger partial charge in [-0.15, -0.1) is 0 Å². The van der Waals surface area contributed by atoms with Crippen molar-refractivity contribution >= 4 is 27.5 Å². The summed E-state index contributed by atoms with van der Waals surface area (Å²) >= 11 is 5.84. The van der Waals surface area contributed by atoms with E-state index in [0.29, 0.717) is 21.9 Å². The summed E-state index contributed by atoms with van der Waals surface area (Å²) < 4.78 is 32.1. The van der Waals surface area contributed by atoms with Crippen LogP contribution in [0.15, 0.2) is 47.4 Å². The first-order valence-electron chi connectivity index (χ1n) is 8.51. The Morgan fingerprint density at radius 2 is 1.89 bits per heavy atom. The zero-order chi connectivity index (χ0) is 19.6. The average molecular weight is 409 g/mol. The van der Waals surface area contributed by atoms with Crippen LogP contribution in [0.5, 0.6) is 5.75 Å². The number of hydrogen-bond donors (Lipinski definition) is 1. The van der Waals surface area contributed by atoms with Crippen LogP contribution in [-0.2, 0) is 16.6 Å². The molecule has 1 fully saturated rings. The maximum absolute atomic E-state index is 12.8. The van der Waals surface area contributed by atoms with Gasteiger partial charge in [-0.05, 0) is 55.3 Å². The zero-order valence-corrected chi connectivity index (χ0v) is 16.7. The summed E-state index contributed by atoms with van der Waals surface area (Å²) in [6, 6.07) is 11.3. The average Bonchev–Trinajstić information content (AvgIpc) is 3.46. The molecular formula is C19H21ClN2O4S. The van der Waals surface area contributed by atoms with E-state index in [1.54, 1.807) is 18.2 Å². The summed E-state index contributed by atoms with van der Waals surface area (Å²) in [6.45, 7) is 0.0681. The third kappa shape index (κ3) is 4.61. The summed E-state index contributed by atoms with van der Waals surface area (Å²) in [5.41, 5.74) is 1.09.